The number of halogens is 2. The van der Waals surface area contributed by atoms with Crippen molar-refractivity contribution in [3.8, 4) is 11.3 Å². The van der Waals surface area contributed by atoms with E-state index in [0.717, 1.165) is 35.0 Å². The molecule has 8 heteroatoms. The normalized spacial score (nSPS) is 14.9. The molecule has 1 fully saturated rings. The zero-order chi connectivity index (χ0) is 22.2. The first-order chi connectivity index (χ1) is 15.5. The molecule has 0 spiro atoms. The Bertz CT molecular complexity index is 1280. The molecule has 1 aliphatic rings. The molecular formula is C24H22ClFN4OS. The maximum Gasteiger partial charge on any atom is 0.255 e. The number of imidazole rings is 1. The van der Waals surface area contributed by atoms with Crippen LogP contribution in [0.3, 0.4) is 0 Å². The van der Waals surface area contributed by atoms with Crippen molar-refractivity contribution in [3.63, 3.8) is 0 Å². The monoisotopic (exact) mass is 468 g/mol. The molecule has 1 amide bonds. The second-order valence-electron chi connectivity index (χ2n) is 7.96. The largest absolute Gasteiger partial charge is 0.336 e. The Hall–Kier alpha value is -2.74. The highest BCUT2D eigenvalue weighted by Crippen LogP contribution is 2.30. The van der Waals surface area contributed by atoms with Gasteiger partial charge in [0.2, 0.25) is 0 Å². The van der Waals surface area contributed by atoms with Crippen LogP contribution in [0.5, 0.6) is 0 Å². The highest BCUT2D eigenvalue weighted by Gasteiger charge is 2.25. The molecule has 5 nitrogen and oxygen atoms in total. The fraction of sp³-hybridized carbons (Fsp3) is 0.250. The van der Waals surface area contributed by atoms with E-state index in [1.54, 1.807) is 35.6 Å². The molecule has 1 aliphatic heterocycles. The van der Waals surface area contributed by atoms with Crippen molar-refractivity contribution < 1.29 is 9.18 Å². The fourth-order valence-corrected chi connectivity index (χ4v) is 5.18. The van der Waals surface area contributed by atoms with Gasteiger partial charge in [-0.05, 0) is 43.3 Å². The molecular weight excluding hydrogens is 447 g/mol. The molecule has 2 aromatic carbocycles. The summed E-state index contributed by atoms with van der Waals surface area (Å²) in [6, 6.07) is 13.7. The van der Waals surface area contributed by atoms with Crippen LogP contribution in [0.1, 0.15) is 20.9 Å². The molecule has 0 atom stereocenters. The summed E-state index contributed by atoms with van der Waals surface area (Å²) in [6.07, 6.45) is 2.10. The molecule has 0 radical (unpaired) electrons. The number of benzene rings is 2. The number of hydrogen-bond donors (Lipinski definition) is 0. The van der Waals surface area contributed by atoms with Crippen LogP contribution in [-0.2, 0) is 6.54 Å². The van der Waals surface area contributed by atoms with E-state index >= 15 is 0 Å². The molecule has 0 bridgehead atoms. The third-order valence-electron chi connectivity index (χ3n) is 5.80. The first kappa shape index (κ1) is 21.1. The number of rotatable bonds is 4. The van der Waals surface area contributed by atoms with E-state index in [1.807, 2.05) is 17.0 Å². The topological polar surface area (TPSA) is 40.9 Å². The molecule has 5 rings (SSSR count). The highest BCUT2D eigenvalue weighted by molar-refractivity contribution is 7.17. The quantitative estimate of drug-likeness (QED) is 0.417. The number of carbonyl (C=O) groups is 1. The zero-order valence-electron chi connectivity index (χ0n) is 17.6. The summed E-state index contributed by atoms with van der Waals surface area (Å²) in [5, 5.41) is 0.485. The van der Waals surface area contributed by atoms with Crippen LogP contribution in [0.4, 0.5) is 4.39 Å². The Balaban J connectivity index is 1.35. The summed E-state index contributed by atoms with van der Waals surface area (Å²) in [7, 11) is 0. The summed E-state index contributed by atoms with van der Waals surface area (Å²) >= 11 is 7.86. The maximum atomic E-state index is 13.5. The second kappa shape index (κ2) is 8.65. The van der Waals surface area contributed by atoms with Crippen LogP contribution < -0.4 is 0 Å². The average Bonchev–Trinajstić information content (AvgIpc) is 3.31. The predicted molar refractivity (Wildman–Crippen MR) is 126 cm³/mol. The van der Waals surface area contributed by atoms with Gasteiger partial charge in [-0.1, -0.05) is 23.7 Å². The lowest BCUT2D eigenvalue weighted by Gasteiger charge is -2.34. The number of aromatic nitrogens is 2. The Morgan fingerprint density at radius 2 is 1.81 bits per heavy atom. The summed E-state index contributed by atoms with van der Waals surface area (Å²) in [6.45, 7) is 5.57. The molecule has 1 saturated heterocycles. The highest BCUT2D eigenvalue weighted by atomic mass is 35.5. The summed E-state index contributed by atoms with van der Waals surface area (Å²) in [4.78, 5) is 24.0. The molecule has 164 valence electrons. The van der Waals surface area contributed by atoms with Crippen molar-refractivity contribution in [2.45, 2.75) is 13.5 Å². The number of aryl methyl sites for hydroxylation is 1. The van der Waals surface area contributed by atoms with Gasteiger partial charge in [-0.25, -0.2) is 9.37 Å². The van der Waals surface area contributed by atoms with E-state index in [2.05, 4.69) is 22.4 Å². The van der Waals surface area contributed by atoms with Crippen LogP contribution in [0.15, 0.2) is 54.7 Å². The number of hydrogen-bond acceptors (Lipinski definition) is 4. The van der Waals surface area contributed by atoms with Crippen molar-refractivity contribution in [2.24, 2.45) is 0 Å². The van der Waals surface area contributed by atoms with Crippen molar-refractivity contribution in [1.82, 2.24) is 19.2 Å². The first-order valence-electron chi connectivity index (χ1n) is 10.5. The second-order valence-corrected chi connectivity index (χ2v) is 9.58. The lowest BCUT2D eigenvalue weighted by molar-refractivity contribution is 0.0627. The van der Waals surface area contributed by atoms with Gasteiger partial charge in [0.15, 0.2) is 4.96 Å². The minimum Gasteiger partial charge on any atom is -0.336 e. The van der Waals surface area contributed by atoms with Gasteiger partial charge in [0.25, 0.3) is 5.91 Å². The van der Waals surface area contributed by atoms with E-state index in [9.17, 15) is 9.18 Å². The van der Waals surface area contributed by atoms with Crippen molar-refractivity contribution in [2.75, 3.05) is 26.2 Å². The molecule has 0 saturated carbocycles. The van der Waals surface area contributed by atoms with Crippen molar-refractivity contribution in [1.29, 1.82) is 0 Å². The molecule has 0 N–H and O–H groups in total. The van der Waals surface area contributed by atoms with Gasteiger partial charge in [0.05, 0.1) is 22.0 Å². The lowest BCUT2D eigenvalue weighted by atomic mass is 10.1. The minimum atomic E-state index is -0.258. The van der Waals surface area contributed by atoms with E-state index in [-0.39, 0.29) is 11.7 Å². The SMILES string of the molecule is Cc1cn2c(CN3CCN(C(=O)c4ccccc4Cl)CC3)c(-c3ccc(F)cc3)nc2s1. The predicted octanol–water partition coefficient (Wildman–Crippen LogP) is 5.12. The molecule has 0 aliphatic carbocycles. The maximum absolute atomic E-state index is 13.5. The standard InChI is InChI=1S/C24H22ClFN4OS/c1-16-14-30-21(22(27-24(30)32-16)17-6-8-18(26)9-7-17)15-28-10-12-29(13-11-28)23(31)19-4-2-3-5-20(19)25/h2-9,14H,10-13,15H2,1H3. The number of carbonyl (C=O) groups excluding carboxylic acids is 1. The smallest absolute Gasteiger partial charge is 0.255 e. The molecule has 4 aromatic rings. The van der Waals surface area contributed by atoms with E-state index in [0.29, 0.717) is 30.2 Å². The Kier molecular flexibility index (Phi) is 5.71. The van der Waals surface area contributed by atoms with Gasteiger partial charge in [-0.3, -0.25) is 14.1 Å². The molecule has 2 aromatic heterocycles. The van der Waals surface area contributed by atoms with Crippen LogP contribution in [0.25, 0.3) is 16.2 Å². The summed E-state index contributed by atoms with van der Waals surface area (Å²) in [5.41, 5.74) is 3.42. The van der Waals surface area contributed by atoms with Crippen LogP contribution in [0, 0.1) is 12.7 Å². The van der Waals surface area contributed by atoms with Crippen LogP contribution in [-0.4, -0.2) is 51.3 Å². The molecule has 32 heavy (non-hydrogen) atoms. The molecule has 3 heterocycles. The van der Waals surface area contributed by atoms with Gasteiger partial charge in [0, 0.05) is 49.4 Å². The Morgan fingerprint density at radius 1 is 1.09 bits per heavy atom. The van der Waals surface area contributed by atoms with Crippen molar-refractivity contribution >= 4 is 33.8 Å². The lowest BCUT2D eigenvalue weighted by Crippen LogP contribution is -2.48. The fourth-order valence-electron chi connectivity index (χ4n) is 4.12. The molecule has 0 unspecified atom stereocenters. The van der Waals surface area contributed by atoms with E-state index in [1.165, 1.54) is 17.0 Å². The van der Waals surface area contributed by atoms with Gasteiger partial charge in [0.1, 0.15) is 5.82 Å². The van der Waals surface area contributed by atoms with Crippen molar-refractivity contribution in [3.05, 3.63) is 81.7 Å². The number of amides is 1. The van der Waals surface area contributed by atoms with Gasteiger partial charge < -0.3 is 4.90 Å². The van der Waals surface area contributed by atoms with Gasteiger partial charge >= 0.3 is 0 Å². The Labute approximate surface area is 194 Å². The third kappa shape index (κ3) is 4.03. The number of nitrogens with zero attached hydrogens (tertiary/aromatic N) is 4. The minimum absolute atomic E-state index is 0.0255. The first-order valence-corrected chi connectivity index (χ1v) is 11.7. The summed E-state index contributed by atoms with van der Waals surface area (Å²) in [5.74, 6) is -0.283. The zero-order valence-corrected chi connectivity index (χ0v) is 19.2. The Morgan fingerprint density at radius 3 is 2.53 bits per heavy atom. The average molecular weight is 469 g/mol. The van der Waals surface area contributed by atoms with Gasteiger partial charge in [-0.2, -0.15) is 0 Å². The number of thiazole rings is 1. The third-order valence-corrected chi connectivity index (χ3v) is 7.02. The van der Waals surface area contributed by atoms with E-state index in [4.69, 9.17) is 16.6 Å². The van der Waals surface area contributed by atoms with Gasteiger partial charge in [-0.15, -0.1) is 11.3 Å². The van der Waals surface area contributed by atoms with E-state index < -0.39 is 0 Å². The summed E-state index contributed by atoms with van der Waals surface area (Å²) < 4.78 is 15.6. The number of piperazine rings is 1. The van der Waals surface area contributed by atoms with Crippen LogP contribution >= 0.6 is 22.9 Å². The van der Waals surface area contributed by atoms with Crippen LogP contribution in [0.2, 0.25) is 5.02 Å². The number of fused-ring (bicyclic) bond motifs is 1.